The lowest BCUT2D eigenvalue weighted by molar-refractivity contribution is -0.117. The van der Waals surface area contributed by atoms with E-state index in [1.165, 1.54) is 7.11 Å². The first-order chi connectivity index (χ1) is 9.42. The molecule has 1 aromatic rings. The minimum Gasteiger partial charge on any atom is -0.453 e. The van der Waals surface area contributed by atoms with Gasteiger partial charge in [0, 0.05) is 17.4 Å². The van der Waals surface area contributed by atoms with Gasteiger partial charge in [0.1, 0.15) is 0 Å². The molecule has 110 valence electrons. The summed E-state index contributed by atoms with van der Waals surface area (Å²) in [7, 11) is 3.18. The number of hydrogen-bond donors (Lipinski definition) is 2. The van der Waals surface area contributed by atoms with E-state index < -0.39 is 6.09 Å². The van der Waals surface area contributed by atoms with E-state index in [4.69, 9.17) is 0 Å². The molecule has 6 nitrogen and oxygen atoms in total. The maximum atomic E-state index is 11.9. The number of hydrogen-bond acceptors (Lipinski definition) is 4. The van der Waals surface area contributed by atoms with Crippen LogP contribution in [0.25, 0.3) is 0 Å². The summed E-state index contributed by atoms with van der Waals surface area (Å²) in [6.07, 6.45) is -0.548. The molecule has 0 bridgehead atoms. The lowest BCUT2D eigenvalue weighted by Crippen LogP contribution is -2.34. The highest BCUT2D eigenvalue weighted by Crippen LogP contribution is 2.15. The van der Waals surface area contributed by atoms with E-state index in [9.17, 15) is 9.59 Å². The topological polar surface area (TPSA) is 70.7 Å². The number of anilines is 2. The molecule has 6 heteroatoms. The molecular weight excluding hydrogens is 258 g/mol. The molecule has 20 heavy (non-hydrogen) atoms. The van der Waals surface area contributed by atoms with Gasteiger partial charge in [-0.15, -0.1) is 0 Å². The van der Waals surface area contributed by atoms with Crippen LogP contribution in [-0.2, 0) is 9.53 Å². The second-order valence-corrected chi connectivity index (χ2v) is 4.75. The SMILES string of the molecule is COC(=O)Nc1cccc(NC(=O)CN(C)C(C)C)c1. The van der Waals surface area contributed by atoms with Gasteiger partial charge in [0.15, 0.2) is 0 Å². The fraction of sp³-hybridized carbons (Fsp3) is 0.429. The zero-order valence-corrected chi connectivity index (χ0v) is 12.3. The number of amides is 2. The number of ether oxygens (including phenoxy) is 1. The highest BCUT2D eigenvalue weighted by Gasteiger charge is 2.10. The maximum Gasteiger partial charge on any atom is 0.411 e. The predicted molar refractivity (Wildman–Crippen MR) is 78.9 cm³/mol. The molecule has 0 fully saturated rings. The number of nitrogens with zero attached hydrogens (tertiary/aromatic N) is 1. The van der Waals surface area contributed by atoms with E-state index in [0.29, 0.717) is 24.0 Å². The molecule has 0 saturated heterocycles. The molecule has 0 spiro atoms. The summed E-state index contributed by atoms with van der Waals surface area (Å²) in [5.41, 5.74) is 1.19. The zero-order chi connectivity index (χ0) is 15.1. The molecule has 0 atom stereocenters. The highest BCUT2D eigenvalue weighted by molar-refractivity contribution is 5.93. The average molecular weight is 279 g/mol. The van der Waals surface area contributed by atoms with E-state index in [1.54, 1.807) is 24.3 Å². The summed E-state index contributed by atoms with van der Waals surface area (Å²) >= 11 is 0. The first-order valence-corrected chi connectivity index (χ1v) is 6.37. The zero-order valence-electron chi connectivity index (χ0n) is 12.3. The Morgan fingerprint density at radius 3 is 2.40 bits per heavy atom. The van der Waals surface area contributed by atoms with Crippen molar-refractivity contribution in [3.05, 3.63) is 24.3 Å². The molecule has 0 radical (unpaired) electrons. The molecule has 2 amide bonds. The molecule has 0 heterocycles. The van der Waals surface area contributed by atoms with Crippen LogP contribution in [0, 0.1) is 0 Å². The Kier molecular flexibility index (Phi) is 5.99. The van der Waals surface area contributed by atoms with Crippen LogP contribution in [0.1, 0.15) is 13.8 Å². The largest absolute Gasteiger partial charge is 0.453 e. The quantitative estimate of drug-likeness (QED) is 0.866. The third-order valence-corrected chi connectivity index (χ3v) is 2.85. The molecule has 0 aliphatic carbocycles. The van der Waals surface area contributed by atoms with Crippen LogP contribution in [0.4, 0.5) is 16.2 Å². The number of rotatable bonds is 5. The Balaban J connectivity index is 2.61. The molecule has 0 unspecified atom stereocenters. The lowest BCUT2D eigenvalue weighted by Gasteiger charge is -2.20. The van der Waals surface area contributed by atoms with Gasteiger partial charge in [-0.3, -0.25) is 15.0 Å². The van der Waals surface area contributed by atoms with Gasteiger partial charge in [-0.1, -0.05) is 6.07 Å². The number of carbonyl (C=O) groups is 2. The summed E-state index contributed by atoms with van der Waals surface area (Å²) in [5.74, 6) is -0.101. The van der Waals surface area contributed by atoms with Crippen molar-refractivity contribution in [2.75, 3.05) is 31.3 Å². The van der Waals surface area contributed by atoms with Gasteiger partial charge in [-0.05, 0) is 39.1 Å². The minimum absolute atomic E-state index is 0.101. The Bertz CT molecular complexity index is 474. The number of benzene rings is 1. The third kappa shape index (κ3) is 5.27. The van der Waals surface area contributed by atoms with Crippen LogP contribution in [0.15, 0.2) is 24.3 Å². The number of nitrogens with one attached hydrogen (secondary N) is 2. The summed E-state index contributed by atoms with van der Waals surface area (Å²) in [6, 6.07) is 7.19. The molecule has 1 rings (SSSR count). The van der Waals surface area contributed by atoms with Crippen LogP contribution in [-0.4, -0.2) is 43.6 Å². The fourth-order valence-corrected chi connectivity index (χ4v) is 1.45. The minimum atomic E-state index is -0.548. The Labute approximate surface area is 119 Å². The van der Waals surface area contributed by atoms with Crippen molar-refractivity contribution in [1.82, 2.24) is 4.90 Å². The number of methoxy groups -OCH3 is 1. The van der Waals surface area contributed by atoms with Crippen molar-refractivity contribution < 1.29 is 14.3 Å². The monoisotopic (exact) mass is 279 g/mol. The van der Waals surface area contributed by atoms with Crippen molar-refractivity contribution in [2.24, 2.45) is 0 Å². The van der Waals surface area contributed by atoms with Crippen LogP contribution >= 0.6 is 0 Å². The number of carbonyl (C=O) groups excluding carboxylic acids is 2. The Morgan fingerprint density at radius 1 is 1.25 bits per heavy atom. The van der Waals surface area contributed by atoms with Gasteiger partial charge in [-0.2, -0.15) is 0 Å². The van der Waals surface area contributed by atoms with E-state index >= 15 is 0 Å². The third-order valence-electron chi connectivity index (χ3n) is 2.85. The fourth-order valence-electron chi connectivity index (χ4n) is 1.45. The standard InChI is InChI=1S/C14H21N3O3/c1-10(2)17(3)9-13(18)15-11-6-5-7-12(8-11)16-14(19)20-4/h5-8,10H,9H2,1-4H3,(H,15,18)(H,16,19). The van der Waals surface area contributed by atoms with Gasteiger partial charge < -0.3 is 10.1 Å². The van der Waals surface area contributed by atoms with Crippen molar-refractivity contribution in [1.29, 1.82) is 0 Å². The second-order valence-electron chi connectivity index (χ2n) is 4.75. The lowest BCUT2D eigenvalue weighted by atomic mass is 10.2. The summed E-state index contributed by atoms with van der Waals surface area (Å²) in [5, 5.41) is 5.33. The maximum absolute atomic E-state index is 11.9. The second kappa shape index (κ2) is 7.49. The van der Waals surface area contributed by atoms with Gasteiger partial charge in [-0.25, -0.2) is 4.79 Å². The molecule has 0 saturated carbocycles. The van der Waals surface area contributed by atoms with Crippen LogP contribution < -0.4 is 10.6 Å². The first-order valence-electron chi connectivity index (χ1n) is 6.37. The van der Waals surface area contributed by atoms with Crippen LogP contribution in [0.5, 0.6) is 0 Å². The molecule has 0 aliphatic rings. The van der Waals surface area contributed by atoms with Crippen molar-refractivity contribution >= 4 is 23.4 Å². The number of likely N-dealkylation sites (N-methyl/N-ethyl adjacent to an activating group) is 1. The molecular formula is C14H21N3O3. The van der Waals surface area contributed by atoms with Gasteiger partial charge in [0.2, 0.25) is 5.91 Å². The van der Waals surface area contributed by atoms with Crippen molar-refractivity contribution in [2.45, 2.75) is 19.9 Å². The van der Waals surface area contributed by atoms with E-state index in [2.05, 4.69) is 15.4 Å². The Hall–Kier alpha value is -2.08. The summed E-state index contributed by atoms with van der Waals surface area (Å²) in [6.45, 7) is 4.36. The predicted octanol–water partition coefficient (Wildman–Crippen LogP) is 2.14. The summed E-state index contributed by atoms with van der Waals surface area (Å²) < 4.78 is 4.51. The van der Waals surface area contributed by atoms with Crippen LogP contribution in [0.3, 0.4) is 0 Å². The van der Waals surface area contributed by atoms with Gasteiger partial charge in [0.05, 0.1) is 13.7 Å². The van der Waals surface area contributed by atoms with E-state index in [0.717, 1.165) is 0 Å². The highest BCUT2D eigenvalue weighted by atomic mass is 16.5. The molecule has 2 N–H and O–H groups in total. The average Bonchev–Trinajstić information content (AvgIpc) is 2.38. The van der Waals surface area contributed by atoms with Crippen molar-refractivity contribution in [3.63, 3.8) is 0 Å². The normalized spacial score (nSPS) is 10.5. The molecule has 0 aromatic heterocycles. The van der Waals surface area contributed by atoms with E-state index in [-0.39, 0.29) is 5.91 Å². The smallest absolute Gasteiger partial charge is 0.411 e. The van der Waals surface area contributed by atoms with Gasteiger partial charge >= 0.3 is 6.09 Å². The molecule has 1 aromatic carbocycles. The van der Waals surface area contributed by atoms with Gasteiger partial charge in [0.25, 0.3) is 0 Å². The Morgan fingerprint density at radius 2 is 1.85 bits per heavy atom. The van der Waals surface area contributed by atoms with Crippen molar-refractivity contribution in [3.8, 4) is 0 Å². The van der Waals surface area contributed by atoms with E-state index in [1.807, 2.05) is 25.8 Å². The first kappa shape index (κ1) is 16.0. The van der Waals surface area contributed by atoms with Crippen LogP contribution in [0.2, 0.25) is 0 Å². The molecule has 0 aliphatic heterocycles. The summed E-state index contributed by atoms with van der Waals surface area (Å²) in [4.78, 5) is 24.9.